The van der Waals surface area contributed by atoms with Crippen LogP contribution in [0.2, 0.25) is 0 Å². The first-order chi connectivity index (χ1) is 6.45. The van der Waals surface area contributed by atoms with Crippen LogP contribution in [0, 0.1) is 0 Å². The predicted molar refractivity (Wildman–Crippen MR) is 47.7 cm³/mol. The van der Waals surface area contributed by atoms with Gasteiger partial charge in [0.05, 0.1) is 13.1 Å². The van der Waals surface area contributed by atoms with Gasteiger partial charge in [-0.25, -0.2) is 9.97 Å². The third kappa shape index (κ3) is 2.16. The molecule has 0 aliphatic rings. The lowest BCUT2D eigenvalue weighted by Crippen LogP contribution is -2.14. The third-order valence-electron chi connectivity index (χ3n) is 1.69. The van der Waals surface area contributed by atoms with E-state index in [-0.39, 0.29) is 0 Å². The summed E-state index contributed by atoms with van der Waals surface area (Å²) in [7, 11) is 0. The third-order valence-corrected chi connectivity index (χ3v) is 1.69. The van der Waals surface area contributed by atoms with Gasteiger partial charge in [0.15, 0.2) is 0 Å². The lowest BCUT2D eigenvalue weighted by Gasteiger charge is -1.98. The highest BCUT2D eigenvalue weighted by Gasteiger charge is 1.95. The zero-order valence-corrected chi connectivity index (χ0v) is 7.12. The number of hydrogen-bond acceptors (Lipinski definition) is 3. The van der Waals surface area contributed by atoms with Crippen LogP contribution in [0.3, 0.4) is 0 Å². The molecule has 2 aromatic heterocycles. The van der Waals surface area contributed by atoms with Crippen LogP contribution in [0.1, 0.15) is 11.6 Å². The molecule has 0 amide bonds. The molecule has 0 atom stereocenters. The largest absolute Gasteiger partial charge is 0.348 e. The van der Waals surface area contributed by atoms with Crippen LogP contribution in [0.5, 0.6) is 0 Å². The molecule has 0 radical (unpaired) electrons. The number of aromatic amines is 2. The summed E-state index contributed by atoms with van der Waals surface area (Å²) in [6.07, 6.45) is 7.10. The van der Waals surface area contributed by atoms with Gasteiger partial charge in [-0.05, 0) is 0 Å². The molecule has 0 saturated heterocycles. The fourth-order valence-corrected chi connectivity index (χ4v) is 1.09. The fraction of sp³-hybridized carbons (Fsp3) is 0.250. The summed E-state index contributed by atoms with van der Waals surface area (Å²) >= 11 is 0. The molecule has 3 N–H and O–H groups in total. The van der Waals surface area contributed by atoms with Gasteiger partial charge in [0.2, 0.25) is 0 Å². The van der Waals surface area contributed by atoms with E-state index in [9.17, 15) is 0 Å². The molecule has 0 aliphatic heterocycles. The molecule has 13 heavy (non-hydrogen) atoms. The zero-order chi connectivity index (χ0) is 8.93. The van der Waals surface area contributed by atoms with Crippen molar-refractivity contribution in [2.24, 2.45) is 0 Å². The van der Waals surface area contributed by atoms with E-state index in [1.807, 2.05) is 12.4 Å². The summed E-state index contributed by atoms with van der Waals surface area (Å²) in [6.45, 7) is 1.46. The average Bonchev–Trinajstić information content (AvgIpc) is 2.75. The minimum atomic E-state index is 0.730. The second kappa shape index (κ2) is 3.86. The summed E-state index contributed by atoms with van der Waals surface area (Å²) in [6, 6.07) is 0. The van der Waals surface area contributed by atoms with Gasteiger partial charge in [0, 0.05) is 24.8 Å². The molecule has 0 spiro atoms. The number of H-pyrrole nitrogens is 2. The van der Waals surface area contributed by atoms with Gasteiger partial charge in [-0.2, -0.15) is 0 Å². The maximum absolute atomic E-state index is 4.09. The highest BCUT2D eigenvalue weighted by atomic mass is 15.0. The maximum Gasteiger partial charge on any atom is 0.120 e. The Hall–Kier alpha value is -1.62. The minimum absolute atomic E-state index is 0.730. The number of hydrogen-bond donors (Lipinski definition) is 3. The second-order valence-electron chi connectivity index (χ2n) is 2.68. The predicted octanol–water partition coefficient (Wildman–Crippen LogP) is 0.423. The molecule has 0 aromatic carbocycles. The summed E-state index contributed by atoms with van der Waals surface area (Å²) in [5.41, 5.74) is 0. The summed E-state index contributed by atoms with van der Waals surface area (Å²) in [5.74, 6) is 1.87. The van der Waals surface area contributed by atoms with Gasteiger partial charge in [-0.15, -0.1) is 0 Å². The molecular weight excluding hydrogens is 166 g/mol. The first kappa shape index (κ1) is 8.00. The molecule has 0 bridgehead atoms. The Morgan fingerprint density at radius 3 is 1.92 bits per heavy atom. The van der Waals surface area contributed by atoms with Crippen LogP contribution >= 0.6 is 0 Å². The molecule has 0 aliphatic carbocycles. The van der Waals surface area contributed by atoms with Crippen LogP contribution < -0.4 is 5.32 Å². The molecule has 5 nitrogen and oxygen atoms in total. The number of imidazole rings is 2. The van der Waals surface area contributed by atoms with Crippen molar-refractivity contribution < 1.29 is 0 Å². The zero-order valence-electron chi connectivity index (χ0n) is 7.12. The minimum Gasteiger partial charge on any atom is -0.348 e. The normalized spacial score (nSPS) is 10.5. The SMILES string of the molecule is c1c[nH]c(CNCc2ncc[nH]2)n1. The van der Waals surface area contributed by atoms with Gasteiger partial charge in [0.25, 0.3) is 0 Å². The van der Waals surface area contributed by atoms with E-state index in [4.69, 9.17) is 0 Å². The molecule has 0 fully saturated rings. The van der Waals surface area contributed by atoms with E-state index in [1.165, 1.54) is 0 Å². The van der Waals surface area contributed by atoms with Crippen molar-refractivity contribution in [2.45, 2.75) is 13.1 Å². The van der Waals surface area contributed by atoms with Crippen LogP contribution in [0.25, 0.3) is 0 Å². The Morgan fingerprint density at radius 2 is 1.54 bits per heavy atom. The Kier molecular flexibility index (Phi) is 2.38. The van der Waals surface area contributed by atoms with Crippen LogP contribution in [0.4, 0.5) is 0 Å². The Bertz CT molecular complexity index is 289. The quantitative estimate of drug-likeness (QED) is 0.634. The van der Waals surface area contributed by atoms with Crippen LogP contribution in [0.15, 0.2) is 24.8 Å². The van der Waals surface area contributed by atoms with Crippen molar-refractivity contribution in [1.29, 1.82) is 0 Å². The van der Waals surface area contributed by atoms with E-state index < -0.39 is 0 Å². The van der Waals surface area contributed by atoms with Crippen LogP contribution in [-0.2, 0) is 13.1 Å². The Balaban J connectivity index is 1.76. The second-order valence-corrected chi connectivity index (χ2v) is 2.68. The summed E-state index contributed by atoms with van der Waals surface area (Å²) in [4.78, 5) is 14.2. The molecular formula is C8H11N5. The van der Waals surface area contributed by atoms with Gasteiger partial charge in [-0.3, -0.25) is 0 Å². The molecule has 0 saturated carbocycles. The van der Waals surface area contributed by atoms with Crippen molar-refractivity contribution in [3.8, 4) is 0 Å². The standard InChI is InChI=1S/C8H11N5/c1-2-11-7(10-1)5-9-6-8-12-3-4-13-8/h1-4,9H,5-6H2,(H,10,11)(H,12,13). The smallest absolute Gasteiger partial charge is 0.120 e. The van der Waals surface area contributed by atoms with E-state index in [2.05, 4.69) is 25.3 Å². The van der Waals surface area contributed by atoms with E-state index in [0.29, 0.717) is 0 Å². The number of nitrogens with zero attached hydrogens (tertiary/aromatic N) is 2. The molecule has 2 rings (SSSR count). The molecule has 2 aromatic rings. The Morgan fingerprint density at radius 1 is 1.00 bits per heavy atom. The first-order valence-electron chi connectivity index (χ1n) is 4.12. The molecule has 5 heteroatoms. The van der Waals surface area contributed by atoms with Crippen molar-refractivity contribution >= 4 is 0 Å². The topological polar surface area (TPSA) is 69.4 Å². The van der Waals surface area contributed by atoms with E-state index >= 15 is 0 Å². The van der Waals surface area contributed by atoms with Gasteiger partial charge in [0.1, 0.15) is 11.6 Å². The molecule has 0 unspecified atom stereocenters. The molecule has 2 heterocycles. The van der Waals surface area contributed by atoms with Gasteiger partial charge < -0.3 is 15.3 Å². The fourth-order valence-electron chi connectivity index (χ4n) is 1.09. The lowest BCUT2D eigenvalue weighted by molar-refractivity contribution is 0.648. The number of aromatic nitrogens is 4. The average molecular weight is 177 g/mol. The van der Waals surface area contributed by atoms with E-state index in [1.54, 1.807) is 12.4 Å². The number of rotatable bonds is 4. The van der Waals surface area contributed by atoms with Crippen LogP contribution in [-0.4, -0.2) is 19.9 Å². The highest BCUT2D eigenvalue weighted by Crippen LogP contribution is 1.90. The maximum atomic E-state index is 4.09. The van der Waals surface area contributed by atoms with E-state index in [0.717, 1.165) is 24.7 Å². The lowest BCUT2D eigenvalue weighted by atomic mass is 10.5. The molecule has 68 valence electrons. The first-order valence-corrected chi connectivity index (χ1v) is 4.12. The van der Waals surface area contributed by atoms with Gasteiger partial charge in [-0.1, -0.05) is 0 Å². The van der Waals surface area contributed by atoms with Crippen molar-refractivity contribution in [1.82, 2.24) is 25.3 Å². The number of nitrogens with one attached hydrogen (secondary N) is 3. The van der Waals surface area contributed by atoms with Crippen molar-refractivity contribution in [3.63, 3.8) is 0 Å². The Labute approximate surface area is 75.6 Å². The van der Waals surface area contributed by atoms with Crippen molar-refractivity contribution in [3.05, 3.63) is 36.4 Å². The van der Waals surface area contributed by atoms with Crippen molar-refractivity contribution in [2.75, 3.05) is 0 Å². The monoisotopic (exact) mass is 177 g/mol. The highest BCUT2D eigenvalue weighted by molar-refractivity contribution is 4.89. The van der Waals surface area contributed by atoms with Gasteiger partial charge >= 0.3 is 0 Å². The summed E-state index contributed by atoms with van der Waals surface area (Å²) < 4.78 is 0. The summed E-state index contributed by atoms with van der Waals surface area (Å²) in [5, 5.41) is 3.20.